The maximum absolute atomic E-state index is 9.37. The van der Waals surface area contributed by atoms with Crippen LogP contribution in [0, 0.1) is 6.92 Å². The number of pyridine rings is 1. The van der Waals surface area contributed by atoms with Crippen molar-refractivity contribution in [3.05, 3.63) is 65.9 Å². The number of nitrogens with zero attached hydrogens (tertiary/aromatic N) is 1. The van der Waals surface area contributed by atoms with E-state index in [2.05, 4.69) is 4.98 Å². The van der Waals surface area contributed by atoms with E-state index in [4.69, 9.17) is 4.74 Å². The molecule has 0 aliphatic carbocycles. The molecule has 3 nitrogen and oxygen atoms in total. The van der Waals surface area contributed by atoms with Crippen molar-refractivity contribution < 1.29 is 9.84 Å². The lowest BCUT2D eigenvalue weighted by molar-refractivity contribution is 0.283. The quantitative estimate of drug-likeness (QED) is 0.782. The lowest BCUT2D eigenvalue weighted by atomic mass is 10.1. The minimum absolute atomic E-state index is 0.0295. The van der Waals surface area contributed by atoms with Crippen molar-refractivity contribution in [2.24, 2.45) is 0 Å². The third-order valence-electron chi connectivity index (χ3n) is 3.22. The van der Waals surface area contributed by atoms with E-state index in [0.29, 0.717) is 5.88 Å². The van der Waals surface area contributed by atoms with E-state index >= 15 is 0 Å². The van der Waals surface area contributed by atoms with Gasteiger partial charge >= 0.3 is 0 Å². The fourth-order valence-corrected chi connectivity index (χ4v) is 2.22. The van der Waals surface area contributed by atoms with Crippen LogP contribution < -0.4 is 4.74 Å². The Balaban J connectivity index is 2.08. The van der Waals surface area contributed by atoms with E-state index in [1.807, 2.05) is 55.5 Å². The van der Waals surface area contributed by atoms with Crippen molar-refractivity contribution >= 4 is 10.8 Å². The van der Waals surface area contributed by atoms with Crippen molar-refractivity contribution in [1.82, 2.24) is 4.98 Å². The van der Waals surface area contributed by atoms with Crippen molar-refractivity contribution in [2.75, 3.05) is 0 Å². The molecule has 20 heavy (non-hydrogen) atoms. The maximum Gasteiger partial charge on any atom is 0.227 e. The highest BCUT2D eigenvalue weighted by atomic mass is 16.5. The third kappa shape index (κ3) is 2.36. The molecule has 3 aromatic rings. The summed E-state index contributed by atoms with van der Waals surface area (Å²) in [4.78, 5) is 4.32. The first kappa shape index (κ1) is 12.6. The molecule has 1 N–H and O–H groups in total. The first-order valence-corrected chi connectivity index (χ1v) is 6.50. The van der Waals surface area contributed by atoms with E-state index in [1.165, 1.54) is 0 Å². The molecule has 1 heterocycles. The molecule has 0 aliphatic heterocycles. The Morgan fingerprint density at radius 2 is 1.85 bits per heavy atom. The molecule has 3 rings (SSSR count). The van der Waals surface area contributed by atoms with Gasteiger partial charge in [-0.1, -0.05) is 30.3 Å². The van der Waals surface area contributed by atoms with Gasteiger partial charge in [0, 0.05) is 17.1 Å². The summed E-state index contributed by atoms with van der Waals surface area (Å²) in [7, 11) is 0. The minimum Gasteiger partial charge on any atom is -0.438 e. The molecule has 0 fully saturated rings. The van der Waals surface area contributed by atoms with Gasteiger partial charge in [-0.25, -0.2) is 4.98 Å². The molecule has 0 amide bonds. The number of fused-ring (bicyclic) bond motifs is 1. The van der Waals surface area contributed by atoms with Gasteiger partial charge in [-0.15, -0.1) is 0 Å². The number of aliphatic hydroxyl groups excluding tert-OH is 1. The minimum atomic E-state index is -0.0295. The topological polar surface area (TPSA) is 42.4 Å². The summed E-state index contributed by atoms with van der Waals surface area (Å²) in [5, 5.41) is 11.2. The number of ether oxygens (including phenoxy) is 1. The second kappa shape index (κ2) is 5.31. The SMILES string of the molecule is Cc1cccc(Oc2ncc(CO)c3ccccc23)c1. The molecule has 100 valence electrons. The highest BCUT2D eigenvalue weighted by Gasteiger charge is 2.08. The smallest absolute Gasteiger partial charge is 0.227 e. The van der Waals surface area contributed by atoms with Crippen LogP contribution in [0.5, 0.6) is 11.6 Å². The maximum atomic E-state index is 9.37. The van der Waals surface area contributed by atoms with Crippen LogP contribution in [0.15, 0.2) is 54.7 Å². The Morgan fingerprint density at radius 1 is 1.05 bits per heavy atom. The van der Waals surface area contributed by atoms with E-state index in [1.54, 1.807) is 6.20 Å². The summed E-state index contributed by atoms with van der Waals surface area (Å²) in [6.07, 6.45) is 1.66. The number of hydrogen-bond acceptors (Lipinski definition) is 3. The van der Waals surface area contributed by atoms with Gasteiger partial charge in [0.15, 0.2) is 0 Å². The van der Waals surface area contributed by atoms with Gasteiger partial charge in [-0.3, -0.25) is 0 Å². The molecular weight excluding hydrogens is 250 g/mol. The standard InChI is InChI=1S/C17H15NO2/c1-12-5-4-6-14(9-12)20-17-16-8-3-2-7-15(16)13(11-19)10-18-17/h2-10,19H,11H2,1H3. The molecule has 0 unspecified atom stereocenters. The van der Waals surface area contributed by atoms with Gasteiger partial charge in [0.25, 0.3) is 0 Å². The Bertz CT molecular complexity index is 753. The van der Waals surface area contributed by atoms with Crippen LogP contribution in [0.25, 0.3) is 10.8 Å². The summed E-state index contributed by atoms with van der Waals surface area (Å²) >= 11 is 0. The van der Waals surface area contributed by atoms with Crippen LogP contribution >= 0.6 is 0 Å². The van der Waals surface area contributed by atoms with Crippen LogP contribution in [0.4, 0.5) is 0 Å². The molecule has 0 atom stereocenters. The van der Waals surface area contributed by atoms with Gasteiger partial charge in [0.05, 0.1) is 6.61 Å². The van der Waals surface area contributed by atoms with Crippen molar-refractivity contribution in [1.29, 1.82) is 0 Å². The highest BCUT2D eigenvalue weighted by Crippen LogP contribution is 2.29. The average Bonchev–Trinajstić information content (AvgIpc) is 2.48. The monoisotopic (exact) mass is 265 g/mol. The normalized spacial score (nSPS) is 10.7. The molecule has 0 saturated carbocycles. The Labute approximate surface area is 117 Å². The zero-order valence-electron chi connectivity index (χ0n) is 11.2. The lowest BCUT2D eigenvalue weighted by Gasteiger charge is -2.10. The van der Waals surface area contributed by atoms with E-state index in [0.717, 1.165) is 27.6 Å². The van der Waals surface area contributed by atoms with Crippen LogP contribution in [0.1, 0.15) is 11.1 Å². The molecule has 0 saturated heterocycles. The Kier molecular flexibility index (Phi) is 3.35. The van der Waals surface area contributed by atoms with Gasteiger partial charge in [-0.2, -0.15) is 0 Å². The summed E-state index contributed by atoms with van der Waals surface area (Å²) in [5.74, 6) is 1.32. The van der Waals surface area contributed by atoms with E-state index in [9.17, 15) is 5.11 Å². The number of aromatic nitrogens is 1. The molecule has 1 aromatic heterocycles. The predicted octanol–water partition coefficient (Wildman–Crippen LogP) is 3.83. The number of rotatable bonds is 3. The van der Waals surface area contributed by atoms with Gasteiger partial charge < -0.3 is 9.84 Å². The van der Waals surface area contributed by atoms with Crippen LogP contribution in [-0.4, -0.2) is 10.1 Å². The fraction of sp³-hybridized carbons (Fsp3) is 0.118. The van der Waals surface area contributed by atoms with E-state index < -0.39 is 0 Å². The van der Waals surface area contributed by atoms with Crippen LogP contribution in [0.3, 0.4) is 0 Å². The number of hydrogen-bond donors (Lipinski definition) is 1. The second-order valence-corrected chi connectivity index (χ2v) is 4.71. The third-order valence-corrected chi connectivity index (χ3v) is 3.22. The Hall–Kier alpha value is -2.39. The Morgan fingerprint density at radius 3 is 2.60 bits per heavy atom. The van der Waals surface area contributed by atoms with E-state index in [-0.39, 0.29) is 6.61 Å². The molecule has 2 aromatic carbocycles. The highest BCUT2D eigenvalue weighted by molar-refractivity contribution is 5.89. The summed E-state index contributed by atoms with van der Waals surface area (Å²) in [6.45, 7) is 1.99. The molecule has 3 heteroatoms. The van der Waals surface area contributed by atoms with Crippen molar-refractivity contribution in [3.8, 4) is 11.6 Å². The largest absolute Gasteiger partial charge is 0.438 e. The zero-order chi connectivity index (χ0) is 13.9. The van der Waals surface area contributed by atoms with Crippen LogP contribution in [-0.2, 0) is 6.61 Å². The second-order valence-electron chi connectivity index (χ2n) is 4.71. The number of benzene rings is 2. The summed E-state index contributed by atoms with van der Waals surface area (Å²) in [5.41, 5.74) is 1.94. The van der Waals surface area contributed by atoms with Crippen molar-refractivity contribution in [2.45, 2.75) is 13.5 Å². The molecule has 0 radical (unpaired) electrons. The summed E-state index contributed by atoms with van der Waals surface area (Å²) < 4.78 is 5.88. The molecular formula is C17H15NO2. The molecule has 0 bridgehead atoms. The van der Waals surface area contributed by atoms with Crippen LogP contribution in [0.2, 0.25) is 0 Å². The lowest BCUT2D eigenvalue weighted by Crippen LogP contribution is -1.94. The summed E-state index contributed by atoms with van der Waals surface area (Å²) in [6, 6.07) is 15.6. The van der Waals surface area contributed by atoms with Gasteiger partial charge in [0.2, 0.25) is 5.88 Å². The molecule has 0 aliphatic rings. The van der Waals surface area contributed by atoms with Gasteiger partial charge in [-0.05, 0) is 36.1 Å². The first-order valence-electron chi connectivity index (χ1n) is 6.50. The molecule has 0 spiro atoms. The fourth-order valence-electron chi connectivity index (χ4n) is 2.22. The van der Waals surface area contributed by atoms with Crippen molar-refractivity contribution in [3.63, 3.8) is 0 Å². The number of aryl methyl sites for hydroxylation is 1. The van der Waals surface area contributed by atoms with Gasteiger partial charge in [0.1, 0.15) is 5.75 Å². The number of aliphatic hydroxyl groups is 1. The first-order chi connectivity index (χ1) is 9.78. The zero-order valence-corrected chi connectivity index (χ0v) is 11.2. The average molecular weight is 265 g/mol. The predicted molar refractivity (Wildman–Crippen MR) is 78.9 cm³/mol.